The third-order valence-corrected chi connectivity index (χ3v) is 7.39. The number of halogens is 5. The van der Waals surface area contributed by atoms with Gasteiger partial charge in [-0.3, -0.25) is 14.4 Å². The van der Waals surface area contributed by atoms with Gasteiger partial charge < -0.3 is 10.2 Å². The summed E-state index contributed by atoms with van der Waals surface area (Å²) >= 11 is 11.9. The molecule has 1 saturated heterocycles. The van der Waals surface area contributed by atoms with Gasteiger partial charge >= 0.3 is 6.18 Å². The summed E-state index contributed by atoms with van der Waals surface area (Å²) in [6.07, 6.45) is -5.37. The van der Waals surface area contributed by atoms with Gasteiger partial charge in [-0.25, -0.2) is 5.06 Å². The van der Waals surface area contributed by atoms with E-state index in [1.165, 1.54) is 23.3 Å². The van der Waals surface area contributed by atoms with Gasteiger partial charge in [-0.05, 0) is 53.9 Å². The molecule has 7 nitrogen and oxygen atoms in total. The minimum absolute atomic E-state index is 0.0355. The summed E-state index contributed by atoms with van der Waals surface area (Å²) in [6.45, 7) is 2.07. The van der Waals surface area contributed by atoms with Gasteiger partial charge in [0.25, 0.3) is 11.5 Å². The number of carbonyl (C=O) groups excluding carboxylic acids is 2. The van der Waals surface area contributed by atoms with E-state index in [1.807, 2.05) is 30.3 Å². The Bertz CT molecular complexity index is 1500. The summed E-state index contributed by atoms with van der Waals surface area (Å²) in [5.41, 5.74) is -0.879. The van der Waals surface area contributed by atoms with Crippen LogP contribution in [0.15, 0.2) is 71.9 Å². The normalized spacial score (nSPS) is 20.9. The molecule has 214 valence electrons. The average molecular weight is 606 g/mol. The molecule has 0 aromatic heterocycles. The van der Waals surface area contributed by atoms with Crippen LogP contribution in [0.25, 0.3) is 0 Å². The predicted octanol–water partition coefficient (Wildman–Crippen LogP) is 6.35. The third kappa shape index (κ3) is 6.05. The zero-order valence-electron chi connectivity index (χ0n) is 21.7. The van der Waals surface area contributed by atoms with E-state index in [4.69, 9.17) is 32.9 Å². The summed E-state index contributed by atoms with van der Waals surface area (Å²) < 4.78 is 42.9. The summed E-state index contributed by atoms with van der Waals surface area (Å²) in [5.74, 6) is -0.694. The number of oxime groups is 1. The van der Waals surface area contributed by atoms with Crippen LogP contribution in [0.1, 0.15) is 45.5 Å². The van der Waals surface area contributed by atoms with Crippen molar-refractivity contribution in [1.82, 2.24) is 10.4 Å². The van der Waals surface area contributed by atoms with Crippen molar-refractivity contribution in [2.75, 3.05) is 6.61 Å². The number of hydrogen-bond acceptors (Lipinski definition) is 5. The minimum atomic E-state index is -4.82. The molecule has 5 rings (SSSR count). The molecule has 0 radical (unpaired) electrons. The second-order valence-electron chi connectivity index (χ2n) is 9.90. The van der Waals surface area contributed by atoms with Crippen molar-refractivity contribution in [2.45, 2.75) is 44.1 Å². The van der Waals surface area contributed by atoms with Crippen molar-refractivity contribution in [1.29, 1.82) is 0 Å². The first-order valence-corrected chi connectivity index (χ1v) is 13.4. The number of alkyl halides is 3. The molecule has 12 heteroatoms. The van der Waals surface area contributed by atoms with Crippen LogP contribution in [0, 0.1) is 6.92 Å². The lowest BCUT2D eigenvalue weighted by Gasteiger charge is -2.31. The number of benzene rings is 3. The van der Waals surface area contributed by atoms with Crippen molar-refractivity contribution < 1.29 is 32.4 Å². The number of amides is 2. The van der Waals surface area contributed by atoms with Crippen LogP contribution in [0.2, 0.25) is 10.0 Å². The molecule has 1 fully saturated rings. The lowest BCUT2D eigenvalue weighted by atomic mass is 9.86. The standard InChI is InChI=1S/C29H24Cl2F3N3O4/c1-17-9-19(25-14-28(41-36-25,29(32,33)34)20-10-21(30)12-22(31)11-20)7-8-24(17)27(39)35-23-13-26(38)37(40-16-23)15-18-5-3-2-4-6-18/h2-12,23H,13-16H2,1H3,(H,35,39). The fourth-order valence-corrected chi connectivity index (χ4v) is 5.33. The van der Waals surface area contributed by atoms with Gasteiger partial charge in [0, 0.05) is 27.6 Å². The molecular formula is C29H24Cl2F3N3O4. The Morgan fingerprint density at radius 2 is 1.80 bits per heavy atom. The van der Waals surface area contributed by atoms with Crippen LogP contribution in [0.3, 0.4) is 0 Å². The summed E-state index contributed by atoms with van der Waals surface area (Å²) in [4.78, 5) is 36.2. The largest absolute Gasteiger partial charge is 0.435 e. The van der Waals surface area contributed by atoms with E-state index in [9.17, 15) is 22.8 Å². The van der Waals surface area contributed by atoms with Gasteiger partial charge in [0.1, 0.15) is 0 Å². The zero-order valence-corrected chi connectivity index (χ0v) is 23.2. The molecule has 2 aliphatic heterocycles. The van der Waals surface area contributed by atoms with Crippen molar-refractivity contribution in [3.8, 4) is 0 Å². The highest BCUT2D eigenvalue weighted by molar-refractivity contribution is 6.34. The molecule has 0 aliphatic carbocycles. The van der Waals surface area contributed by atoms with E-state index in [0.717, 1.165) is 17.7 Å². The van der Waals surface area contributed by atoms with E-state index >= 15 is 0 Å². The van der Waals surface area contributed by atoms with Crippen molar-refractivity contribution in [3.05, 3.63) is 105 Å². The first-order chi connectivity index (χ1) is 19.4. The van der Waals surface area contributed by atoms with E-state index in [1.54, 1.807) is 13.0 Å². The van der Waals surface area contributed by atoms with E-state index in [-0.39, 0.29) is 40.3 Å². The van der Waals surface area contributed by atoms with Gasteiger partial charge in [-0.15, -0.1) is 0 Å². The SMILES string of the molecule is Cc1cc(C2=NOC(c3cc(Cl)cc(Cl)c3)(C(F)(F)F)C2)ccc1C(=O)NC1CON(Cc2ccccc2)C(=O)C1. The number of hydroxylamine groups is 2. The van der Waals surface area contributed by atoms with Gasteiger partial charge in [0.2, 0.25) is 5.91 Å². The number of carbonyl (C=O) groups is 2. The zero-order chi connectivity index (χ0) is 29.4. The lowest BCUT2D eigenvalue weighted by molar-refractivity contribution is -0.275. The smallest absolute Gasteiger partial charge is 0.374 e. The van der Waals surface area contributed by atoms with Crippen LogP contribution in [-0.4, -0.2) is 41.4 Å². The van der Waals surface area contributed by atoms with Crippen LogP contribution in [0.5, 0.6) is 0 Å². The van der Waals surface area contributed by atoms with E-state index < -0.39 is 30.1 Å². The number of aryl methyl sites for hydroxylation is 1. The highest BCUT2D eigenvalue weighted by Gasteiger charge is 2.62. The lowest BCUT2D eigenvalue weighted by Crippen LogP contribution is -2.49. The topological polar surface area (TPSA) is 80.2 Å². The van der Waals surface area contributed by atoms with Crippen LogP contribution >= 0.6 is 23.2 Å². The summed E-state index contributed by atoms with van der Waals surface area (Å²) in [7, 11) is 0. The molecule has 0 saturated carbocycles. The molecule has 3 aromatic rings. The second-order valence-corrected chi connectivity index (χ2v) is 10.8. The number of hydrogen-bond donors (Lipinski definition) is 1. The maximum absolute atomic E-state index is 14.3. The first-order valence-electron chi connectivity index (χ1n) is 12.6. The molecule has 0 bridgehead atoms. The monoisotopic (exact) mass is 605 g/mol. The molecule has 3 aromatic carbocycles. The van der Waals surface area contributed by atoms with Crippen LogP contribution in [-0.2, 0) is 26.6 Å². The van der Waals surface area contributed by atoms with E-state index in [2.05, 4.69) is 10.5 Å². The van der Waals surface area contributed by atoms with Crippen LogP contribution < -0.4 is 5.32 Å². The molecular weight excluding hydrogens is 582 g/mol. The Labute approximate surface area is 243 Å². The van der Waals surface area contributed by atoms with Gasteiger partial charge in [-0.1, -0.05) is 64.8 Å². The maximum Gasteiger partial charge on any atom is 0.435 e. The molecule has 2 amide bonds. The van der Waals surface area contributed by atoms with Gasteiger partial charge in [-0.2, -0.15) is 13.2 Å². The Kier molecular flexibility index (Phi) is 8.00. The van der Waals surface area contributed by atoms with Crippen LogP contribution in [0.4, 0.5) is 13.2 Å². The minimum Gasteiger partial charge on any atom is -0.374 e. The molecule has 41 heavy (non-hydrogen) atoms. The second kappa shape index (κ2) is 11.3. The number of nitrogens with zero attached hydrogens (tertiary/aromatic N) is 2. The number of rotatable bonds is 6. The molecule has 2 atom stereocenters. The quantitative estimate of drug-likeness (QED) is 0.355. The van der Waals surface area contributed by atoms with Crippen molar-refractivity contribution >= 4 is 40.7 Å². The molecule has 2 aliphatic rings. The molecule has 2 unspecified atom stereocenters. The van der Waals surface area contributed by atoms with E-state index in [0.29, 0.717) is 23.2 Å². The third-order valence-electron chi connectivity index (χ3n) is 6.95. The number of nitrogens with one attached hydrogen (secondary N) is 1. The highest BCUT2D eigenvalue weighted by Crippen LogP contribution is 2.49. The van der Waals surface area contributed by atoms with Crippen molar-refractivity contribution in [2.24, 2.45) is 5.16 Å². The summed E-state index contributed by atoms with van der Waals surface area (Å²) in [5, 5.41) is 7.92. The Morgan fingerprint density at radius 1 is 1.10 bits per heavy atom. The Balaban J connectivity index is 1.26. The molecule has 1 N–H and O–H groups in total. The van der Waals surface area contributed by atoms with Crippen molar-refractivity contribution in [3.63, 3.8) is 0 Å². The van der Waals surface area contributed by atoms with Gasteiger partial charge in [0.15, 0.2) is 0 Å². The maximum atomic E-state index is 14.3. The Hall–Kier alpha value is -3.60. The summed E-state index contributed by atoms with van der Waals surface area (Å²) in [6, 6.07) is 17.1. The first kappa shape index (κ1) is 28.9. The average Bonchev–Trinajstić information content (AvgIpc) is 3.38. The van der Waals surface area contributed by atoms with Gasteiger partial charge in [0.05, 0.1) is 31.3 Å². The fourth-order valence-electron chi connectivity index (χ4n) is 4.81. The molecule has 2 heterocycles. The Morgan fingerprint density at radius 3 is 2.44 bits per heavy atom. The predicted molar refractivity (Wildman–Crippen MR) is 146 cm³/mol. The fraction of sp³-hybridized carbons (Fsp3) is 0.276. The molecule has 0 spiro atoms. The highest BCUT2D eigenvalue weighted by atomic mass is 35.5.